The minimum absolute atomic E-state index is 0.122. The Bertz CT molecular complexity index is 518. The van der Waals surface area contributed by atoms with E-state index >= 15 is 0 Å². The van der Waals surface area contributed by atoms with Crippen molar-refractivity contribution in [2.45, 2.75) is 51.2 Å². The number of hydrogen-bond donors (Lipinski definition) is 2. The predicted octanol–water partition coefficient (Wildman–Crippen LogP) is 1.52. The largest absolute Gasteiger partial charge is 0.479 e. The molecule has 0 radical (unpaired) electrons. The highest BCUT2D eigenvalue weighted by molar-refractivity contribution is 5.83. The maximum Gasteiger partial charge on any atom is 0.331 e. The molecule has 0 spiro atoms. The Morgan fingerprint density at radius 1 is 1.38 bits per heavy atom. The molecule has 0 saturated carbocycles. The smallest absolute Gasteiger partial charge is 0.331 e. The van der Waals surface area contributed by atoms with E-state index in [1.165, 1.54) is 10.9 Å². The number of piperidine rings is 1. The number of carboxylic acid groups (broad SMARTS) is 1. The summed E-state index contributed by atoms with van der Waals surface area (Å²) in [7, 11) is 1.71. The molecule has 7 nitrogen and oxygen atoms in total. The van der Waals surface area contributed by atoms with Gasteiger partial charge in [0.25, 0.3) is 0 Å². The summed E-state index contributed by atoms with van der Waals surface area (Å²) < 4.78 is 1.52. The predicted molar refractivity (Wildman–Crippen MR) is 76.7 cm³/mol. The normalized spacial score (nSPS) is 23.7. The van der Waals surface area contributed by atoms with E-state index < -0.39 is 12.0 Å². The van der Waals surface area contributed by atoms with Crippen molar-refractivity contribution >= 4 is 12.0 Å². The van der Waals surface area contributed by atoms with Gasteiger partial charge in [-0.05, 0) is 33.1 Å². The van der Waals surface area contributed by atoms with Gasteiger partial charge in [0, 0.05) is 30.9 Å². The number of amides is 2. The molecule has 1 aromatic rings. The third kappa shape index (κ3) is 3.34. The minimum Gasteiger partial charge on any atom is -0.479 e. The second-order valence-electron chi connectivity index (χ2n) is 5.70. The molecule has 0 bridgehead atoms. The van der Waals surface area contributed by atoms with Gasteiger partial charge in [-0.2, -0.15) is 5.10 Å². The summed E-state index contributed by atoms with van der Waals surface area (Å²) in [5.41, 5.74) is 0.468. The molecule has 1 aromatic heterocycles. The van der Waals surface area contributed by atoms with Crippen LogP contribution in [0, 0.1) is 0 Å². The molecule has 0 aromatic carbocycles. The van der Waals surface area contributed by atoms with Crippen LogP contribution in [0.25, 0.3) is 0 Å². The van der Waals surface area contributed by atoms with Crippen molar-refractivity contribution in [2.75, 3.05) is 0 Å². The van der Waals surface area contributed by atoms with Crippen LogP contribution in [-0.4, -0.2) is 43.9 Å². The first kappa shape index (κ1) is 15.3. The van der Waals surface area contributed by atoms with E-state index in [4.69, 9.17) is 0 Å². The average molecular weight is 294 g/mol. The number of nitrogens with one attached hydrogen (secondary N) is 1. The molecule has 0 aliphatic carbocycles. The van der Waals surface area contributed by atoms with Crippen molar-refractivity contribution in [2.24, 2.45) is 7.05 Å². The van der Waals surface area contributed by atoms with Crippen molar-refractivity contribution in [3.63, 3.8) is 0 Å². The zero-order valence-corrected chi connectivity index (χ0v) is 12.6. The Hall–Kier alpha value is -2.05. The van der Waals surface area contributed by atoms with Crippen LogP contribution in [0.3, 0.4) is 0 Å². The lowest BCUT2D eigenvalue weighted by Gasteiger charge is -2.39. The monoisotopic (exact) mass is 294 g/mol. The SMILES string of the molecule is CC1CCCC(C)N1C(=O)NC(C(=O)O)c1cnn(C)c1. The fourth-order valence-electron chi connectivity index (χ4n) is 2.90. The van der Waals surface area contributed by atoms with Gasteiger partial charge in [-0.3, -0.25) is 4.68 Å². The Kier molecular flexibility index (Phi) is 4.50. The van der Waals surface area contributed by atoms with E-state index in [1.807, 2.05) is 13.8 Å². The van der Waals surface area contributed by atoms with Gasteiger partial charge in [-0.1, -0.05) is 0 Å². The van der Waals surface area contributed by atoms with E-state index in [-0.39, 0.29) is 18.1 Å². The number of urea groups is 1. The average Bonchev–Trinajstić information content (AvgIpc) is 2.81. The maximum absolute atomic E-state index is 12.4. The standard InChI is InChI=1S/C14H22N4O3/c1-9-5-4-6-10(2)18(9)14(21)16-12(13(19)20)11-7-15-17(3)8-11/h7-10,12H,4-6H2,1-3H3,(H,16,21)(H,19,20). The van der Waals surface area contributed by atoms with Gasteiger partial charge in [-0.25, -0.2) is 9.59 Å². The highest BCUT2D eigenvalue weighted by atomic mass is 16.4. The lowest BCUT2D eigenvalue weighted by Crippen LogP contribution is -2.53. The zero-order chi connectivity index (χ0) is 15.6. The summed E-state index contributed by atoms with van der Waals surface area (Å²) in [6.07, 6.45) is 6.05. The third-order valence-electron chi connectivity index (χ3n) is 4.00. The van der Waals surface area contributed by atoms with Crippen molar-refractivity contribution in [1.82, 2.24) is 20.0 Å². The number of hydrogen-bond acceptors (Lipinski definition) is 3. The molecular weight excluding hydrogens is 272 g/mol. The first-order valence-corrected chi connectivity index (χ1v) is 7.20. The number of aliphatic carboxylic acids is 1. The number of nitrogens with zero attached hydrogens (tertiary/aromatic N) is 3. The fourth-order valence-corrected chi connectivity index (χ4v) is 2.90. The van der Waals surface area contributed by atoms with Gasteiger partial charge < -0.3 is 15.3 Å². The topological polar surface area (TPSA) is 87.5 Å². The molecule has 1 fully saturated rings. The van der Waals surface area contributed by atoms with Crippen LogP contribution in [-0.2, 0) is 11.8 Å². The van der Waals surface area contributed by atoms with Crippen LogP contribution >= 0.6 is 0 Å². The molecule has 2 heterocycles. The van der Waals surface area contributed by atoms with E-state index in [0.29, 0.717) is 5.56 Å². The summed E-state index contributed by atoms with van der Waals surface area (Å²) >= 11 is 0. The molecular formula is C14H22N4O3. The number of carbonyl (C=O) groups excluding carboxylic acids is 1. The summed E-state index contributed by atoms with van der Waals surface area (Å²) in [4.78, 5) is 25.6. The molecule has 2 N–H and O–H groups in total. The molecule has 1 aliphatic heterocycles. The van der Waals surface area contributed by atoms with Crippen molar-refractivity contribution < 1.29 is 14.7 Å². The maximum atomic E-state index is 12.4. The molecule has 21 heavy (non-hydrogen) atoms. The Labute approximate surface area is 123 Å². The van der Waals surface area contributed by atoms with E-state index in [1.54, 1.807) is 18.1 Å². The Balaban J connectivity index is 2.13. The number of likely N-dealkylation sites (tertiary alicyclic amines) is 1. The first-order valence-electron chi connectivity index (χ1n) is 7.20. The zero-order valence-electron chi connectivity index (χ0n) is 12.6. The highest BCUT2D eigenvalue weighted by Crippen LogP contribution is 2.23. The molecule has 2 amide bonds. The molecule has 116 valence electrons. The van der Waals surface area contributed by atoms with Crippen molar-refractivity contribution in [1.29, 1.82) is 0 Å². The van der Waals surface area contributed by atoms with Gasteiger partial charge in [-0.15, -0.1) is 0 Å². The Morgan fingerprint density at radius 2 is 2.00 bits per heavy atom. The van der Waals surface area contributed by atoms with Crippen molar-refractivity contribution in [3.8, 4) is 0 Å². The van der Waals surface area contributed by atoms with Crippen LogP contribution in [0.1, 0.15) is 44.7 Å². The third-order valence-corrected chi connectivity index (χ3v) is 4.00. The number of aryl methyl sites for hydroxylation is 1. The summed E-state index contributed by atoms with van der Waals surface area (Å²) in [5.74, 6) is -1.09. The van der Waals surface area contributed by atoms with Crippen LogP contribution in [0.5, 0.6) is 0 Å². The summed E-state index contributed by atoms with van der Waals surface area (Å²) in [6, 6.07) is -1.16. The summed E-state index contributed by atoms with van der Waals surface area (Å²) in [5, 5.41) is 15.9. The summed E-state index contributed by atoms with van der Waals surface area (Å²) in [6.45, 7) is 3.99. The van der Waals surface area contributed by atoms with Gasteiger partial charge in [0.1, 0.15) is 0 Å². The van der Waals surface area contributed by atoms with Gasteiger partial charge in [0.2, 0.25) is 0 Å². The second-order valence-corrected chi connectivity index (χ2v) is 5.70. The number of carboxylic acids is 1. The van der Waals surface area contributed by atoms with Crippen LogP contribution in [0.4, 0.5) is 4.79 Å². The second kappa shape index (κ2) is 6.15. The molecule has 2 rings (SSSR count). The van der Waals surface area contributed by atoms with Gasteiger partial charge in [0.15, 0.2) is 6.04 Å². The van der Waals surface area contributed by atoms with Gasteiger partial charge >= 0.3 is 12.0 Å². The first-order chi connectivity index (χ1) is 9.90. The van der Waals surface area contributed by atoms with Crippen molar-refractivity contribution in [3.05, 3.63) is 18.0 Å². The molecule has 3 unspecified atom stereocenters. The van der Waals surface area contributed by atoms with Crippen LogP contribution in [0.15, 0.2) is 12.4 Å². The van der Waals surface area contributed by atoms with Crippen LogP contribution in [0.2, 0.25) is 0 Å². The van der Waals surface area contributed by atoms with Crippen LogP contribution < -0.4 is 5.32 Å². The molecule has 1 aliphatic rings. The highest BCUT2D eigenvalue weighted by Gasteiger charge is 2.32. The lowest BCUT2D eigenvalue weighted by atomic mass is 9.98. The van der Waals surface area contributed by atoms with E-state index in [2.05, 4.69) is 10.4 Å². The van der Waals surface area contributed by atoms with Gasteiger partial charge in [0.05, 0.1) is 6.20 Å². The quantitative estimate of drug-likeness (QED) is 0.884. The molecule has 3 atom stereocenters. The number of carbonyl (C=O) groups is 2. The molecule has 7 heteroatoms. The van der Waals surface area contributed by atoms with E-state index in [9.17, 15) is 14.7 Å². The number of aromatic nitrogens is 2. The Morgan fingerprint density at radius 3 is 2.48 bits per heavy atom. The lowest BCUT2D eigenvalue weighted by molar-refractivity contribution is -0.139. The number of rotatable bonds is 3. The molecule has 1 saturated heterocycles. The minimum atomic E-state index is -1.09. The van der Waals surface area contributed by atoms with E-state index in [0.717, 1.165) is 19.3 Å². The fraction of sp³-hybridized carbons (Fsp3) is 0.643.